The summed E-state index contributed by atoms with van der Waals surface area (Å²) in [7, 11) is 0. The van der Waals surface area contributed by atoms with Crippen molar-refractivity contribution in [3.05, 3.63) is 0 Å². The summed E-state index contributed by atoms with van der Waals surface area (Å²) < 4.78 is 0. The molecule has 1 rings (SSSR count). The molecule has 1 fully saturated rings. The van der Waals surface area contributed by atoms with Gasteiger partial charge in [0, 0.05) is 0 Å². The number of carboxylic acid groups (broad SMARTS) is 2. The number of carbonyl (C=O) groups is 2. The molecule has 1 saturated carbocycles. The maximum atomic E-state index is 11.7. The Balaban J connectivity index is 2.57. The van der Waals surface area contributed by atoms with Gasteiger partial charge in [-0.25, -0.2) is 0 Å². The number of hydrogen-bond donors (Lipinski definition) is 2. The van der Waals surface area contributed by atoms with E-state index in [2.05, 4.69) is 27.7 Å². The molecule has 30 heavy (non-hydrogen) atoms. The Kier molecular flexibility index (Phi) is 12.0. The molecule has 0 unspecified atom stereocenters. The predicted octanol–water partition coefficient (Wildman–Crippen LogP) is 7.70. The van der Waals surface area contributed by atoms with Gasteiger partial charge < -0.3 is 10.2 Å². The highest BCUT2D eigenvalue weighted by atomic mass is 16.4. The Morgan fingerprint density at radius 3 is 1.33 bits per heavy atom. The molecule has 0 radical (unpaired) electrons. The van der Waals surface area contributed by atoms with Crippen molar-refractivity contribution in [3.63, 3.8) is 0 Å². The lowest BCUT2D eigenvalue weighted by Gasteiger charge is -2.43. The van der Waals surface area contributed by atoms with Crippen LogP contribution in [-0.2, 0) is 9.59 Å². The Bertz CT molecular complexity index is 463. The summed E-state index contributed by atoms with van der Waals surface area (Å²) in [6.45, 7) is 9.09. The minimum Gasteiger partial charge on any atom is -0.480 e. The molecular formula is C26H48O4. The Morgan fingerprint density at radius 1 is 0.633 bits per heavy atom. The van der Waals surface area contributed by atoms with E-state index in [-0.39, 0.29) is 5.41 Å². The van der Waals surface area contributed by atoms with Gasteiger partial charge in [-0.05, 0) is 55.8 Å². The number of aliphatic carboxylic acids is 2. The second-order valence-electron chi connectivity index (χ2n) is 10.9. The highest BCUT2D eigenvalue weighted by molar-refractivity contribution is 5.98. The molecule has 0 spiro atoms. The van der Waals surface area contributed by atoms with Gasteiger partial charge in [-0.15, -0.1) is 0 Å². The first-order valence-corrected chi connectivity index (χ1v) is 12.6. The van der Waals surface area contributed by atoms with Crippen LogP contribution in [0.15, 0.2) is 0 Å². The lowest BCUT2D eigenvalue weighted by molar-refractivity contribution is -0.169. The third-order valence-electron chi connectivity index (χ3n) is 7.46. The van der Waals surface area contributed by atoms with Crippen molar-refractivity contribution in [2.45, 2.75) is 130 Å². The summed E-state index contributed by atoms with van der Waals surface area (Å²) in [4.78, 5) is 23.4. The smallest absolute Gasteiger partial charge is 0.321 e. The molecule has 0 aromatic carbocycles. The van der Waals surface area contributed by atoms with E-state index < -0.39 is 17.4 Å². The van der Waals surface area contributed by atoms with Crippen LogP contribution in [0.5, 0.6) is 0 Å². The third kappa shape index (κ3) is 8.98. The van der Waals surface area contributed by atoms with Gasteiger partial charge in [0.1, 0.15) is 0 Å². The van der Waals surface area contributed by atoms with Crippen LogP contribution in [0.1, 0.15) is 130 Å². The summed E-state index contributed by atoms with van der Waals surface area (Å²) in [6.07, 6.45) is 17.0. The molecule has 4 heteroatoms. The lowest BCUT2D eigenvalue weighted by atomic mass is 9.60. The zero-order valence-corrected chi connectivity index (χ0v) is 20.2. The molecule has 0 amide bonds. The highest BCUT2D eigenvalue weighted by Crippen LogP contribution is 2.51. The van der Waals surface area contributed by atoms with E-state index in [9.17, 15) is 19.8 Å². The maximum Gasteiger partial charge on any atom is 0.321 e. The number of rotatable bonds is 16. The molecule has 1 aliphatic carbocycles. The van der Waals surface area contributed by atoms with Crippen LogP contribution >= 0.6 is 0 Å². The van der Waals surface area contributed by atoms with Gasteiger partial charge in [0.2, 0.25) is 0 Å². The fraction of sp³-hybridized carbons (Fsp3) is 0.923. The molecule has 0 atom stereocenters. The molecule has 0 aromatic heterocycles. The van der Waals surface area contributed by atoms with Gasteiger partial charge in [0.05, 0.1) is 0 Å². The van der Waals surface area contributed by atoms with Gasteiger partial charge >= 0.3 is 11.9 Å². The van der Waals surface area contributed by atoms with Gasteiger partial charge in [0.25, 0.3) is 0 Å². The molecule has 1 aliphatic rings. The van der Waals surface area contributed by atoms with E-state index >= 15 is 0 Å². The fourth-order valence-electron chi connectivity index (χ4n) is 5.16. The van der Waals surface area contributed by atoms with Crippen molar-refractivity contribution >= 4 is 11.9 Å². The summed E-state index contributed by atoms with van der Waals surface area (Å²) in [5.41, 5.74) is -1.40. The van der Waals surface area contributed by atoms with Gasteiger partial charge in [0.15, 0.2) is 5.41 Å². The fourth-order valence-corrected chi connectivity index (χ4v) is 5.16. The average Bonchev–Trinajstić information content (AvgIpc) is 2.67. The monoisotopic (exact) mass is 424 g/mol. The number of hydrogen-bond acceptors (Lipinski definition) is 2. The second-order valence-corrected chi connectivity index (χ2v) is 10.9. The quantitative estimate of drug-likeness (QED) is 0.197. The molecule has 4 nitrogen and oxygen atoms in total. The van der Waals surface area contributed by atoms with E-state index in [4.69, 9.17) is 0 Å². The van der Waals surface area contributed by atoms with Crippen LogP contribution in [0, 0.1) is 22.7 Å². The van der Waals surface area contributed by atoms with E-state index in [1.807, 2.05) is 0 Å². The second kappa shape index (κ2) is 13.4. The number of carboxylic acids is 2. The van der Waals surface area contributed by atoms with Crippen molar-refractivity contribution in [2.24, 2.45) is 22.7 Å². The minimum atomic E-state index is -1.56. The Labute approximate surface area is 185 Å². The zero-order valence-electron chi connectivity index (χ0n) is 20.2. The van der Waals surface area contributed by atoms with Crippen molar-refractivity contribution in [2.75, 3.05) is 0 Å². The maximum absolute atomic E-state index is 11.7. The van der Waals surface area contributed by atoms with E-state index in [1.54, 1.807) is 0 Å². The standard InChI is InChI=1S/C26H48O4/c1-21(2)13-9-5-7-11-15-25(16-12-8-6-10-14-22(3)4)17-19-26(20-18-25,23(27)28)24(29)30/h21-22H,5-20H2,1-4H3,(H,27,28)(H,29,30). The van der Waals surface area contributed by atoms with Crippen LogP contribution in [-0.4, -0.2) is 22.2 Å². The van der Waals surface area contributed by atoms with Crippen LogP contribution in [0.3, 0.4) is 0 Å². The highest BCUT2D eigenvalue weighted by Gasteiger charge is 2.52. The van der Waals surface area contributed by atoms with E-state index in [1.165, 1.54) is 64.2 Å². The van der Waals surface area contributed by atoms with Crippen LogP contribution in [0.25, 0.3) is 0 Å². The third-order valence-corrected chi connectivity index (χ3v) is 7.46. The molecule has 0 aliphatic heterocycles. The van der Waals surface area contributed by atoms with Gasteiger partial charge in [-0.1, -0.05) is 91.9 Å². The zero-order chi connectivity index (χ0) is 22.6. The molecule has 0 saturated heterocycles. The van der Waals surface area contributed by atoms with Crippen molar-refractivity contribution < 1.29 is 19.8 Å². The summed E-state index contributed by atoms with van der Waals surface area (Å²) in [6, 6.07) is 0. The lowest BCUT2D eigenvalue weighted by Crippen LogP contribution is -2.45. The molecule has 0 bridgehead atoms. The molecule has 2 N–H and O–H groups in total. The molecule has 176 valence electrons. The van der Waals surface area contributed by atoms with Crippen molar-refractivity contribution in [1.29, 1.82) is 0 Å². The van der Waals surface area contributed by atoms with Crippen LogP contribution in [0.2, 0.25) is 0 Å². The largest absolute Gasteiger partial charge is 0.480 e. The molecule has 0 heterocycles. The topological polar surface area (TPSA) is 74.6 Å². The van der Waals surface area contributed by atoms with Gasteiger partial charge in [-0.3, -0.25) is 9.59 Å². The SMILES string of the molecule is CC(C)CCCCCCC1(CCCCCCC(C)C)CCC(C(=O)O)(C(=O)O)CC1. The van der Waals surface area contributed by atoms with Gasteiger partial charge in [-0.2, -0.15) is 0 Å². The Hall–Kier alpha value is -1.06. The normalized spacial score (nSPS) is 18.1. The predicted molar refractivity (Wildman–Crippen MR) is 124 cm³/mol. The average molecular weight is 425 g/mol. The van der Waals surface area contributed by atoms with E-state index in [0.717, 1.165) is 37.5 Å². The molecule has 0 aromatic rings. The summed E-state index contributed by atoms with van der Waals surface area (Å²) in [5, 5.41) is 19.2. The van der Waals surface area contributed by atoms with Crippen LogP contribution < -0.4 is 0 Å². The first kappa shape index (κ1) is 27.0. The van der Waals surface area contributed by atoms with Crippen LogP contribution in [0.4, 0.5) is 0 Å². The Morgan fingerprint density at radius 2 is 1.00 bits per heavy atom. The number of unbranched alkanes of at least 4 members (excludes halogenated alkanes) is 6. The summed E-state index contributed by atoms with van der Waals surface area (Å²) >= 11 is 0. The molecular weight excluding hydrogens is 376 g/mol. The van der Waals surface area contributed by atoms with Crippen molar-refractivity contribution in [3.8, 4) is 0 Å². The van der Waals surface area contributed by atoms with E-state index in [0.29, 0.717) is 12.8 Å². The van der Waals surface area contributed by atoms with Crippen molar-refractivity contribution in [1.82, 2.24) is 0 Å². The minimum absolute atomic E-state index is 0.157. The first-order chi connectivity index (χ1) is 14.1. The summed E-state index contributed by atoms with van der Waals surface area (Å²) in [5.74, 6) is -0.756. The first-order valence-electron chi connectivity index (χ1n) is 12.6.